The van der Waals surface area contributed by atoms with Crippen LogP contribution in [-0.4, -0.2) is 41.2 Å². The molecule has 0 fully saturated rings. The van der Waals surface area contributed by atoms with Crippen LogP contribution < -0.4 is 5.32 Å². The molecule has 0 bridgehead atoms. The van der Waals surface area contributed by atoms with Crippen molar-refractivity contribution in [2.75, 3.05) is 11.1 Å². The number of nitrogens with one attached hydrogen (secondary N) is 1. The normalized spacial score (nSPS) is 11.2. The van der Waals surface area contributed by atoms with E-state index in [1.54, 1.807) is 23.1 Å². The van der Waals surface area contributed by atoms with E-state index in [1.165, 1.54) is 23.1 Å². The highest BCUT2D eigenvalue weighted by atomic mass is 32.2. The summed E-state index contributed by atoms with van der Waals surface area (Å²) in [6.07, 6.45) is 5.08. The zero-order chi connectivity index (χ0) is 19.6. The number of pyridine rings is 1. The molecule has 8 nitrogen and oxygen atoms in total. The van der Waals surface area contributed by atoms with Crippen LogP contribution in [0.5, 0.6) is 0 Å². The first-order valence-corrected chi connectivity index (χ1v) is 10.5. The van der Waals surface area contributed by atoms with Gasteiger partial charge >= 0.3 is 0 Å². The van der Waals surface area contributed by atoms with Crippen molar-refractivity contribution in [3.63, 3.8) is 0 Å². The molecule has 1 N–H and O–H groups in total. The van der Waals surface area contributed by atoms with Crippen LogP contribution in [0.1, 0.15) is 0 Å². The number of anilines is 1. The van der Waals surface area contributed by atoms with Crippen LogP contribution in [0.25, 0.3) is 27.9 Å². The molecule has 0 aliphatic carbocycles. The van der Waals surface area contributed by atoms with Gasteiger partial charge in [0, 0.05) is 34.9 Å². The minimum atomic E-state index is -0.152. The summed E-state index contributed by atoms with van der Waals surface area (Å²) >= 11 is 2.68. The quantitative estimate of drug-likeness (QED) is 0.344. The molecule has 0 radical (unpaired) electrons. The fraction of sp³-hybridized carbons (Fsp3) is 0.0526. The van der Waals surface area contributed by atoms with Crippen LogP contribution in [0.3, 0.4) is 0 Å². The molecule has 10 heteroatoms. The topological polar surface area (TPSA) is 98.0 Å². The molecule has 4 aromatic heterocycles. The Labute approximate surface area is 173 Å². The third-order valence-corrected chi connectivity index (χ3v) is 5.70. The maximum absolute atomic E-state index is 12.3. The second-order valence-electron chi connectivity index (χ2n) is 6.00. The molecule has 0 saturated heterocycles. The smallest absolute Gasteiger partial charge is 0.236 e. The predicted octanol–water partition coefficient (Wildman–Crippen LogP) is 3.53. The Morgan fingerprint density at radius 1 is 1.14 bits per heavy atom. The van der Waals surface area contributed by atoms with Crippen LogP contribution in [0.15, 0.2) is 65.5 Å². The molecule has 0 atom stereocenters. The summed E-state index contributed by atoms with van der Waals surface area (Å²) in [5.74, 6) is 0.591. The molecule has 0 aliphatic heterocycles. The van der Waals surface area contributed by atoms with Crippen LogP contribution in [-0.2, 0) is 4.79 Å². The van der Waals surface area contributed by atoms with E-state index in [0.29, 0.717) is 21.8 Å². The molecular weight excluding hydrogens is 406 g/mol. The number of para-hydroxylation sites is 1. The summed E-state index contributed by atoms with van der Waals surface area (Å²) in [6, 6.07) is 11.5. The Hall–Kier alpha value is -3.37. The van der Waals surface area contributed by atoms with Crippen molar-refractivity contribution in [2.24, 2.45) is 0 Å². The van der Waals surface area contributed by atoms with Gasteiger partial charge in [-0.05, 0) is 24.3 Å². The van der Waals surface area contributed by atoms with Gasteiger partial charge in [-0.1, -0.05) is 23.9 Å². The third-order valence-electron chi connectivity index (χ3n) is 4.08. The number of benzene rings is 1. The number of carbonyl (C=O) groups excluding carboxylic acids is 1. The number of thioether (sulfide) groups is 1. The SMILES string of the molecule is O=C(CSc1nc2ccccc2c2nc(-c3cccnc3)nn12)Nc1nccs1. The fourth-order valence-electron chi connectivity index (χ4n) is 2.81. The van der Waals surface area contributed by atoms with Gasteiger partial charge in [-0.25, -0.2) is 15.0 Å². The summed E-state index contributed by atoms with van der Waals surface area (Å²) in [5, 5.41) is 11.3. The average Bonchev–Trinajstić information content (AvgIpc) is 3.43. The summed E-state index contributed by atoms with van der Waals surface area (Å²) in [4.78, 5) is 29.9. The zero-order valence-corrected chi connectivity index (χ0v) is 16.5. The van der Waals surface area contributed by atoms with Crippen molar-refractivity contribution in [1.29, 1.82) is 0 Å². The van der Waals surface area contributed by atoms with Gasteiger partial charge in [0.05, 0.1) is 11.3 Å². The number of aromatic nitrogens is 6. The lowest BCUT2D eigenvalue weighted by atomic mass is 10.2. The first kappa shape index (κ1) is 17.7. The van der Waals surface area contributed by atoms with Gasteiger partial charge in [-0.2, -0.15) is 4.52 Å². The van der Waals surface area contributed by atoms with Crippen molar-refractivity contribution >= 4 is 50.7 Å². The fourth-order valence-corrected chi connectivity index (χ4v) is 4.10. The molecular formula is C19H13N7OS2. The van der Waals surface area contributed by atoms with E-state index in [-0.39, 0.29) is 11.7 Å². The summed E-state index contributed by atoms with van der Waals surface area (Å²) in [5.41, 5.74) is 2.31. The van der Waals surface area contributed by atoms with Crippen molar-refractivity contribution in [2.45, 2.75) is 5.16 Å². The molecule has 29 heavy (non-hydrogen) atoms. The predicted molar refractivity (Wildman–Crippen MR) is 113 cm³/mol. The number of hydrogen-bond acceptors (Lipinski definition) is 8. The van der Waals surface area contributed by atoms with E-state index >= 15 is 0 Å². The first-order valence-electron chi connectivity index (χ1n) is 8.66. The third kappa shape index (κ3) is 3.55. The van der Waals surface area contributed by atoms with E-state index in [0.717, 1.165) is 16.5 Å². The van der Waals surface area contributed by atoms with Gasteiger partial charge in [-0.3, -0.25) is 9.78 Å². The molecule has 142 valence electrons. The maximum Gasteiger partial charge on any atom is 0.236 e. The molecule has 5 rings (SSSR count). The minimum Gasteiger partial charge on any atom is -0.301 e. The highest BCUT2D eigenvalue weighted by Crippen LogP contribution is 2.26. The largest absolute Gasteiger partial charge is 0.301 e. The van der Waals surface area contributed by atoms with Gasteiger partial charge < -0.3 is 5.32 Å². The van der Waals surface area contributed by atoms with Crippen LogP contribution in [0.2, 0.25) is 0 Å². The molecule has 0 spiro atoms. The van der Waals surface area contributed by atoms with Crippen molar-refractivity contribution in [3.8, 4) is 11.4 Å². The lowest BCUT2D eigenvalue weighted by Crippen LogP contribution is -2.14. The van der Waals surface area contributed by atoms with Crippen molar-refractivity contribution in [1.82, 2.24) is 29.5 Å². The summed E-state index contributed by atoms with van der Waals surface area (Å²) < 4.78 is 1.69. The molecule has 0 unspecified atom stereocenters. The Balaban J connectivity index is 1.53. The monoisotopic (exact) mass is 419 g/mol. The number of hydrogen-bond donors (Lipinski definition) is 1. The number of rotatable bonds is 5. The molecule has 4 heterocycles. The van der Waals surface area contributed by atoms with Crippen LogP contribution >= 0.6 is 23.1 Å². The molecule has 1 aromatic carbocycles. The van der Waals surface area contributed by atoms with Gasteiger partial charge in [0.1, 0.15) is 0 Å². The maximum atomic E-state index is 12.3. The van der Waals surface area contributed by atoms with Gasteiger partial charge in [0.15, 0.2) is 21.8 Å². The minimum absolute atomic E-state index is 0.152. The Kier molecular flexibility index (Phi) is 4.62. The number of nitrogens with zero attached hydrogens (tertiary/aromatic N) is 6. The second-order valence-corrected chi connectivity index (χ2v) is 7.84. The van der Waals surface area contributed by atoms with Gasteiger partial charge in [0.25, 0.3) is 0 Å². The van der Waals surface area contributed by atoms with E-state index in [1.807, 2.05) is 41.8 Å². The van der Waals surface area contributed by atoms with Gasteiger partial charge in [0.2, 0.25) is 5.91 Å². The lowest BCUT2D eigenvalue weighted by molar-refractivity contribution is -0.113. The molecule has 5 aromatic rings. The van der Waals surface area contributed by atoms with Crippen LogP contribution in [0, 0.1) is 0 Å². The van der Waals surface area contributed by atoms with Crippen molar-refractivity contribution in [3.05, 3.63) is 60.4 Å². The highest BCUT2D eigenvalue weighted by Gasteiger charge is 2.16. The number of carbonyl (C=O) groups is 1. The van der Waals surface area contributed by atoms with Gasteiger partial charge in [-0.15, -0.1) is 16.4 Å². The molecule has 1 amide bonds. The standard InChI is InChI=1S/C19H13N7OS2/c27-15(23-18-21-8-9-28-18)11-29-19-22-14-6-2-1-5-13(14)17-24-16(25-26(17)19)12-4-3-7-20-10-12/h1-10H,11H2,(H,21,23,27). The number of fused-ring (bicyclic) bond motifs is 3. The zero-order valence-electron chi connectivity index (χ0n) is 14.9. The Morgan fingerprint density at radius 2 is 2.07 bits per heavy atom. The van der Waals surface area contributed by atoms with E-state index in [2.05, 4.69) is 20.4 Å². The average molecular weight is 419 g/mol. The first-order chi connectivity index (χ1) is 14.3. The highest BCUT2D eigenvalue weighted by molar-refractivity contribution is 7.99. The molecule has 0 saturated carbocycles. The summed E-state index contributed by atoms with van der Waals surface area (Å²) in [7, 11) is 0. The van der Waals surface area contributed by atoms with Crippen LogP contribution in [0.4, 0.5) is 5.13 Å². The Morgan fingerprint density at radius 3 is 2.90 bits per heavy atom. The number of amides is 1. The van der Waals surface area contributed by atoms with E-state index in [4.69, 9.17) is 9.97 Å². The number of thiazole rings is 1. The lowest BCUT2D eigenvalue weighted by Gasteiger charge is -2.06. The van der Waals surface area contributed by atoms with E-state index in [9.17, 15) is 4.79 Å². The second kappa shape index (κ2) is 7.57. The van der Waals surface area contributed by atoms with E-state index < -0.39 is 0 Å². The molecule has 0 aliphatic rings. The summed E-state index contributed by atoms with van der Waals surface area (Å²) in [6.45, 7) is 0. The Bertz CT molecular complexity index is 1300. The van der Waals surface area contributed by atoms with Crippen molar-refractivity contribution < 1.29 is 4.79 Å².